The molecule has 0 aliphatic carbocycles. The molecule has 1 N–H and O–H groups in total. The van der Waals surface area contributed by atoms with Crippen molar-refractivity contribution in [2.75, 3.05) is 4.90 Å². The average molecular weight is 288 g/mol. The van der Waals surface area contributed by atoms with Crippen molar-refractivity contribution in [2.45, 2.75) is 12.8 Å². The van der Waals surface area contributed by atoms with Crippen molar-refractivity contribution in [1.82, 2.24) is 5.32 Å². The van der Waals surface area contributed by atoms with E-state index in [0.717, 1.165) is 12.1 Å². The standard InChI is InChI=1S/C11H7F3N2O4/c12-11(13,14)20-7-4-2-1-3-6(7)16-9(18)5-8(17)15-10(16)19/h1-4H,5H2,(H,15,17,19). The molecule has 0 saturated carbocycles. The van der Waals surface area contributed by atoms with Crippen molar-refractivity contribution in [2.24, 2.45) is 0 Å². The molecule has 2 rings (SSSR count). The number of anilines is 1. The van der Waals surface area contributed by atoms with Crippen LogP contribution in [0.25, 0.3) is 0 Å². The normalized spacial score (nSPS) is 16.1. The van der Waals surface area contributed by atoms with E-state index in [1.807, 2.05) is 5.32 Å². The number of nitrogens with zero attached hydrogens (tertiary/aromatic N) is 1. The SMILES string of the molecule is O=C1CC(=O)N(c2ccccc2OC(F)(F)F)C(=O)N1. The second kappa shape index (κ2) is 4.83. The predicted octanol–water partition coefficient (Wildman–Crippen LogP) is 1.56. The number of carbonyl (C=O) groups excluding carboxylic acids is 3. The number of barbiturate groups is 1. The highest BCUT2D eigenvalue weighted by molar-refractivity contribution is 6.26. The van der Waals surface area contributed by atoms with E-state index < -0.39 is 36.4 Å². The van der Waals surface area contributed by atoms with Crippen LogP contribution in [0, 0.1) is 0 Å². The molecule has 106 valence electrons. The molecule has 1 saturated heterocycles. The summed E-state index contributed by atoms with van der Waals surface area (Å²) in [5.74, 6) is -2.46. The van der Waals surface area contributed by atoms with Crippen molar-refractivity contribution >= 4 is 23.5 Å². The fourth-order valence-corrected chi connectivity index (χ4v) is 1.65. The molecule has 9 heteroatoms. The maximum Gasteiger partial charge on any atom is 0.573 e. The molecule has 0 aromatic heterocycles. The van der Waals surface area contributed by atoms with Crippen LogP contribution < -0.4 is 15.0 Å². The molecule has 1 heterocycles. The zero-order valence-electron chi connectivity index (χ0n) is 9.73. The van der Waals surface area contributed by atoms with Gasteiger partial charge in [-0.15, -0.1) is 13.2 Å². The molecule has 1 aliphatic heterocycles. The molecule has 4 amide bonds. The molecule has 1 aliphatic rings. The molecular weight excluding hydrogens is 281 g/mol. The smallest absolute Gasteiger partial charge is 0.404 e. The molecule has 1 aromatic carbocycles. The first-order valence-electron chi connectivity index (χ1n) is 5.29. The Balaban J connectivity index is 2.39. The number of alkyl halides is 3. The van der Waals surface area contributed by atoms with Gasteiger partial charge in [0.2, 0.25) is 11.8 Å². The summed E-state index contributed by atoms with van der Waals surface area (Å²) in [5, 5.41) is 1.84. The third-order valence-electron chi connectivity index (χ3n) is 2.34. The number of hydrogen-bond acceptors (Lipinski definition) is 4. The number of amides is 4. The first-order chi connectivity index (χ1) is 9.28. The Labute approximate surface area is 110 Å². The summed E-state index contributed by atoms with van der Waals surface area (Å²) in [7, 11) is 0. The lowest BCUT2D eigenvalue weighted by atomic mass is 10.2. The van der Waals surface area contributed by atoms with Crippen LogP contribution in [0.1, 0.15) is 6.42 Å². The fraction of sp³-hybridized carbons (Fsp3) is 0.182. The van der Waals surface area contributed by atoms with E-state index in [-0.39, 0.29) is 5.69 Å². The van der Waals surface area contributed by atoms with E-state index in [0.29, 0.717) is 4.90 Å². The number of halogens is 3. The third kappa shape index (κ3) is 2.87. The predicted molar refractivity (Wildman–Crippen MR) is 58.8 cm³/mol. The van der Waals surface area contributed by atoms with Gasteiger partial charge in [0, 0.05) is 0 Å². The van der Waals surface area contributed by atoms with E-state index in [1.165, 1.54) is 12.1 Å². The third-order valence-corrected chi connectivity index (χ3v) is 2.34. The average Bonchev–Trinajstić information content (AvgIpc) is 2.28. The number of carbonyl (C=O) groups is 3. The van der Waals surface area contributed by atoms with Crippen molar-refractivity contribution < 1.29 is 32.3 Å². The lowest BCUT2D eigenvalue weighted by molar-refractivity contribution is -0.274. The van der Waals surface area contributed by atoms with E-state index in [1.54, 1.807) is 0 Å². The fourth-order valence-electron chi connectivity index (χ4n) is 1.65. The van der Waals surface area contributed by atoms with Crippen molar-refractivity contribution in [1.29, 1.82) is 0 Å². The zero-order valence-corrected chi connectivity index (χ0v) is 9.73. The van der Waals surface area contributed by atoms with Gasteiger partial charge in [0.05, 0.1) is 5.69 Å². The molecule has 0 atom stereocenters. The number of urea groups is 1. The lowest BCUT2D eigenvalue weighted by Gasteiger charge is -2.26. The molecule has 6 nitrogen and oxygen atoms in total. The minimum atomic E-state index is -4.97. The van der Waals surface area contributed by atoms with Gasteiger partial charge < -0.3 is 4.74 Å². The Morgan fingerprint density at radius 3 is 2.40 bits per heavy atom. The summed E-state index contributed by atoms with van der Waals surface area (Å²) in [5.41, 5.74) is -0.389. The first kappa shape index (κ1) is 13.8. The highest BCUT2D eigenvalue weighted by atomic mass is 19.4. The summed E-state index contributed by atoms with van der Waals surface area (Å²) in [6, 6.07) is 3.52. The van der Waals surface area contributed by atoms with Gasteiger partial charge in [0.15, 0.2) is 5.75 Å². The number of nitrogens with one attached hydrogen (secondary N) is 1. The summed E-state index contributed by atoms with van der Waals surface area (Å²) >= 11 is 0. The van der Waals surface area contributed by atoms with Crippen LogP contribution in [-0.2, 0) is 9.59 Å². The zero-order chi connectivity index (χ0) is 14.9. The molecular formula is C11H7F3N2O4. The Hall–Kier alpha value is -2.58. The number of hydrogen-bond donors (Lipinski definition) is 1. The molecule has 0 bridgehead atoms. The largest absolute Gasteiger partial charge is 0.573 e. The molecule has 0 spiro atoms. The Morgan fingerprint density at radius 1 is 1.15 bits per heavy atom. The second-order valence-electron chi connectivity index (χ2n) is 3.77. The Morgan fingerprint density at radius 2 is 1.80 bits per heavy atom. The summed E-state index contributed by atoms with van der Waals surface area (Å²) < 4.78 is 40.5. The number of imide groups is 2. The molecule has 0 unspecified atom stereocenters. The minimum absolute atomic E-state index is 0.389. The lowest BCUT2D eigenvalue weighted by Crippen LogP contribution is -2.53. The highest BCUT2D eigenvalue weighted by Gasteiger charge is 2.37. The quantitative estimate of drug-likeness (QED) is 0.838. The molecule has 0 radical (unpaired) electrons. The highest BCUT2D eigenvalue weighted by Crippen LogP contribution is 2.33. The summed E-state index contributed by atoms with van der Waals surface area (Å²) in [6.07, 6.45) is -5.60. The van der Waals surface area contributed by atoms with E-state index in [4.69, 9.17) is 0 Å². The van der Waals surface area contributed by atoms with Crippen LogP contribution in [0.2, 0.25) is 0 Å². The molecule has 1 fully saturated rings. The Bertz CT molecular complexity index is 565. The van der Waals surface area contributed by atoms with E-state index >= 15 is 0 Å². The molecule has 20 heavy (non-hydrogen) atoms. The van der Waals surface area contributed by atoms with Crippen LogP contribution in [0.4, 0.5) is 23.7 Å². The molecule has 1 aromatic rings. The van der Waals surface area contributed by atoms with Crippen LogP contribution in [-0.4, -0.2) is 24.2 Å². The van der Waals surface area contributed by atoms with Gasteiger partial charge in [-0.3, -0.25) is 14.9 Å². The summed E-state index contributed by atoms with van der Waals surface area (Å²) in [4.78, 5) is 34.6. The van der Waals surface area contributed by atoms with Crippen LogP contribution in [0.3, 0.4) is 0 Å². The first-order valence-corrected chi connectivity index (χ1v) is 5.29. The monoisotopic (exact) mass is 288 g/mol. The van der Waals surface area contributed by atoms with Gasteiger partial charge in [-0.2, -0.15) is 0 Å². The number of ether oxygens (including phenoxy) is 1. The van der Waals surface area contributed by atoms with Gasteiger partial charge in [0.1, 0.15) is 6.42 Å². The van der Waals surface area contributed by atoms with Gasteiger partial charge in [-0.05, 0) is 12.1 Å². The maximum absolute atomic E-state index is 12.3. The number of rotatable bonds is 2. The van der Waals surface area contributed by atoms with Crippen molar-refractivity contribution in [3.8, 4) is 5.75 Å². The topological polar surface area (TPSA) is 75.7 Å². The number of para-hydroxylation sites is 2. The minimum Gasteiger partial charge on any atom is -0.404 e. The van der Waals surface area contributed by atoms with E-state index in [9.17, 15) is 27.6 Å². The van der Waals surface area contributed by atoms with Gasteiger partial charge in [-0.25, -0.2) is 9.69 Å². The number of benzene rings is 1. The van der Waals surface area contributed by atoms with Crippen LogP contribution in [0.5, 0.6) is 5.75 Å². The van der Waals surface area contributed by atoms with E-state index in [2.05, 4.69) is 4.74 Å². The van der Waals surface area contributed by atoms with Crippen LogP contribution in [0.15, 0.2) is 24.3 Å². The summed E-state index contributed by atoms with van der Waals surface area (Å²) in [6.45, 7) is 0. The maximum atomic E-state index is 12.3. The Kier molecular flexibility index (Phi) is 3.35. The van der Waals surface area contributed by atoms with Gasteiger partial charge in [-0.1, -0.05) is 12.1 Å². The van der Waals surface area contributed by atoms with Gasteiger partial charge >= 0.3 is 12.4 Å². The second-order valence-corrected chi connectivity index (χ2v) is 3.77. The van der Waals surface area contributed by atoms with Crippen molar-refractivity contribution in [3.05, 3.63) is 24.3 Å². The van der Waals surface area contributed by atoms with Crippen LogP contribution >= 0.6 is 0 Å². The van der Waals surface area contributed by atoms with Gasteiger partial charge in [0.25, 0.3) is 0 Å². The van der Waals surface area contributed by atoms with Crippen molar-refractivity contribution in [3.63, 3.8) is 0 Å².